The van der Waals surface area contributed by atoms with Crippen molar-refractivity contribution in [2.45, 2.75) is 25.9 Å². The Morgan fingerprint density at radius 2 is 1.67 bits per heavy atom. The lowest BCUT2D eigenvalue weighted by Gasteiger charge is -2.17. The van der Waals surface area contributed by atoms with Gasteiger partial charge in [0, 0.05) is 13.1 Å². The van der Waals surface area contributed by atoms with Crippen LogP contribution in [0.5, 0.6) is 0 Å². The highest BCUT2D eigenvalue weighted by Crippen LogP contribution is 2.39. The van der Waals surface area contributed by atoms with Gasteiger partial charge in [-0.2, -0.15) is 0 Å². The highest BCUT2D eigenvalue weighted by Gasteiger charge is 2.26. The topological polar surface area (TPSA) is 79.0 Å². The zero-order valence-corrected chi connectivity index (χ0v) is 12.5. The first-order valence-corrected chi connectivity index (χ1v) is 7.21. The van der Waals surface area contributed by atoms with Crippen LogP contribution in [0.3, 0.4) is 0 Å². The lowest BCUT2D eigenvalue weighted by molar-refractivity contribution is 0.356. The number of aromatic nitrogens is 2. The number of halogens is 3. The Kier molecular flexibility index (Phi) is 3.37. The maximum Gasteiger partial charge on any atom is 0.276 e. The van der Waals surface area contributed by atoms with Gasteiger partial charge in [-0.05, 0) is 18.9 Å². The van der Waals surface area contributed by atoms with Crippen molar-refractivity contribution in [3.05, 3.63) is 32.4 Å². The number of nitrogens with two attached hydrogens (primary N) is 2. The maximum absolute atomic E-state index is 14.3. The van der Waals surface area contributed by atoms with Gasteiger partial charge in [0.05, 0.1) is 27.5 Å². The van der Waals surface area contributed by atoms with Crippen LogP contribution in [0.4, 0.5) is 15.8 Å². The van der Waals surface area contributed by atoms with E-state index in [4.69, 9.17) is 34.7 Å². The number of nitrogen functional groups attached to an aromatic ring is 2. The molecule has 0 aliphatic carbocycles. The number of hydrogen-bond donors (Lipinski definition) is 2. The molecule has 8 heteroatoms. The highest BCUT2D eigenvalue weighted by molar-refractivity contribution is 6.35. The van der Waals surface area contributed by atoms with Crippen molar-refractivity contribution < 1.29 is 4.39 Å². The molecule has 2 heterocycles. The van der Waals surface area contributed by atoms with Crippen LogP contribution < -0.4 is 17.0 Å². The van der Waals surface area contributed by atoms with Gasteiger partial charge < -0.3 is 11.5 Å². The van der Waals surface area contributed by atoms with Gasteiger partial charge in [0.15, 0.2) is 0 Å². The van der Waals surface area contributed by atoms with Crippen molar-refractivity contribution in [3.8, 4) is 11.1 Å². The third kappa shape index (κ3) is 2.01. The molecule has 0 spiro atoms. The van der Waals surface area contributed by atoms with Crippen molar-refractivity contribution in [2.75, 3.05) is 11.5 Å². The molecule has 0 atom stereocenters. The first-order chi connectivity index (χ1) is 9.93. The molecule has 2 aromatic rings. The summed E-state index contributed by atoms with van der Waals surface area (Å²) in [5, 5.41) is 0.181. The number of benzene rings is 1. The van der Waals surface area contributed by atoms with Crippen LogP contribution in [0, 0.1) is 5.82 Å². The lowest BCUT2D eigenvalue weighted by atomic mass is 10.0. The quantitative estimate of drug-likeness (QED) is 0.789. The molecule has 4 N–H and O–H groups in total. The summed E-state index contributed by atoms with van der Waals surface area (Å²) in [5.41, 5.74) is 11.1. The van der Waals surface area contributed by atoms with Crippen LogP contribution in [0.1, 0.15) is 12.8 Å². The standard InChI is InChI=1S/C13H13Cl2FN4O/c14-6-5-7(16)8(11(18)10(6)17)9-12(15)19-3-1-2-4-20(19)13(9)21/h5H,1-4,17-18H2. The van der Waals surface area contributed by atoms with Crippen LogP contribution in [-0.4, -0.2) is 9.36 Å². The molecule has 0 fully saturated rings. The minimum Gasteiger partial charge on any atom is -0.396 e. The number of hydrogen-bond acceptors (Lipinski definition) is 3. The Hall–Kier alpha value is -1.66. The Bertz CT molecular complexity index is 797. The van der Waals surface area contributed by atoms with Crippen molar-refractivity contribution in [2.24, 2.45) is 0 Å². The zero-order valence-electron chi connectivity index (χ0n) is 11.0. The molecule has 0 radical (unpaired) electrons. The second-order valence-corrected chi connectivity index (χ2v) is 5.73. The van der Waals surface area contributed by atoms with Gasteiger partial charge in [-0.1, -0.05) is 23.2 Å². The Morgan fingerprint density at radius 3 is 2.29 bits per heavy atom. The molecule has 1 aliphatic rings. The third-order valence-electron chi connectivity index (χ3n) is 3.72. The van der Waals surface area contributed by atoms with Gasteiger partial charge >= 0.3 is 0 Å². The van der Waals surface area contributed by atoms with E-state index in [1.54, 1.807) is 4.68 Å². The van der Waals surface area contributed by atoms with E-state index in [0.717, 1.165) is 18.9 Å². The fourth-order valence-corrected chi connectivity index (χ4v) is 3.19. The molecule has 0 amide bonds. The molecule has 112 valence electrons. The summed E-state index contributed by atoms with van der Waals surface area (Å²) in [6, 6.07) is 1.04. The van der Waals surface area contributed by atoms with Gasteiger partial charge in [0.2, 0.25) is 0 Å². The van der Waals surface area contributed by atoms with E-state index in [0.29, 0.717) is 13.1 Å². The number of rotatable bonds is 1. The summed E-state index contributed by atoms with van der Waals surface area (Å²) in [7, 11) is 0. The second-order valence-electron chi connectivity index (χ2n) is 4.97. The molecule has 5 nitrogen and oxygen atoms in total. The van der Waals surface area contributed by atoms with Crippen LogP contribution in [-0.2, 0) is 13.1 Å². The van der Waals surface area contributed by atoms with Crippen molar-refractivity contribution in [3.63, 3.8) is 0 Å². The summed E-state index contributed by atoms with van der Waals surface area (Å²) in [4.78, 5) is 12.5. The number of fused-ring (bicyclic) bond motifs is 1. The van der Waals surface area contributed by atoms with Gasteiger partial charge in [0.1, 0.15) is 11.0 Å². The molecule has 3 rings (SSSR count). The average molecular weight is 331 g/mol. The van der Waals surface area contributed by atoms with E-state index < -0.39 is 5.82 Å². The van der Waals surface area contributed by atoms with Gasteiger partial charge in [-0.25, -0.2) is 9.07 Å². The van der Waals surface area contributed by atoms with Crippen LogP contribution in [0.2, 0.25) is 10.2 Å². The average Bonchev–Trinajstić information content (AvgIpc) is 2.71. The van der Waals surface area contributed by atoms with E-state index in [2.05, 4.69) is 0 Å². The van der Waals surface area contributed by atoms with Crippen LogP contribution in [0.25, 0.3) is 11.1 Å². The molecule has 0 unspecified atom stereocenters. The molecule has 0 saturated carbocycles. The summed E-state index contributed by atoms with van der Waals surface area (Å²) in [5.74, 6) is -0.714. The molecule has 1 aromatic carbocycles. The molecule has 1 aliphatic heterocycles. The van der Waals surface area contributed by atoms with E-state index in [1.807, 2.05) is 0 Å². The van der Waals surface area contributed by atoms with Crippen LogP contribution in [0.15, 0.2) is 10.9 Å². The van der Waals surface area contributed by atoms with E-state index >= 15 is 0 Å². The van der Waals surface area contributed by atoms with E-state index in [1.165, 1.54) is 4.68 Å². The lowest BCUT2D eigenvalue weighted by Crippen LogP contribution is -2.27. The van der Waals surface area contributed by atoms with Gasteiger partial charge in [-0.15, -0.1) is 0 Å². The Morgan fingerprint density at radius 1 is 1.05 bits per heavy atom. The molecular formula is C13H13Cl2FN4O. The molecular weight excluding hydrogens is 318 g/mol. The summed E-state index contributed by atoms with van der Waals surface area (Å²) in [6.45, 7) is 1.15. The summed E-state index contributed by atoms with van der Waals surface area (Å²) >= 11 is 12.1. The minimum absolute atomic E-state index is 0.00828. The van der Waals surface area contributed by atoms with Crippen molar-refractivity contribution >= 4 is 34.6 Å². The zero-order chi connectivity index (χ0) is 15.3. The second kappa shape index (κ2) is 4.96. The molecule has 21 heavy (non-hydrogen) atoms. The van der Waals surface area contributed by atoms with Gasteiger partial charge in [-0.3, -0.25) is 9.48 Å². The fourth-order valence-electron chi connectivity index (χ4n) is 2.64. The van der Waals surface area contributed by atoms with Crippen molar-refractivity contribution in [1.29, 1.82) is 0 Å². The first kappa shape index (κ1) is 14.3. The van der Waals surface area contributed by atoms with Crippen LogP contribution >= 0.6 is 23.2 Å². The predicted molar refractivity (Wildman–Crippen MR) is 82.2 cm³/mol. The molecule has 0 saturated heterocycles. The van der Waals surface area contributed by atoms with Crippen molar-refractivity contribution in [1.82, 2.24) is 9.36 Å². The highest BCUT2D eigenvalue weighted by atomic mass is 35.5. The SMILES string of the molecule is Nc1c(Cl)cc(F)c(-c2c(Cl)n3n(c2=O)CCCC3)c1N. The summed E-state index contributed by atoms with van der Waals surface area (Å²) in [6.07, 6.45) is 1.79. The van der Waals surface area contributed by atoms with E-state index in [9.17, 15) is 9.18 Å². The fraction of sp³-hybridized carbons (Fsp3) is 0.308. The number of nitrogens with zero attached hydrogens (tertiary/aromatic N) is 2. The minimum atomic E-state index is -0.714. The largest absolute Gasteiger partial charge is 0.396 e. The normalized spacial score (nSPS) is 14.2. The monoisotopic (exact) mass is 330 g/mol. The van der Waals surface area contributed by atoms with Gasteiger partial charge in [0.25, 0.3) is 5.56 Å². The Labute approximate surface area is 129 Å². The predicted octanol–water partition coefficient (Wildman–Crippen LogP) is 2.72. The Balaban J connectivity index is 2.35. The van der Waals surface area contributed by atoms with E-state index in [-0.39, 0.29) is 38.2 Å². The summed E-state index contributed by atoms with van der Waals surface area (Å²) < 4.78 is 17.4. The molecule has 1 aromatic heterocycles. The maximum atomic E-state index is 14.3. The number of anilines is 2. The first-order valence-electron chi connectivity index (χ1n) is 6.46. The molecule has 0 bridgehead atoms. The third-order valence-corrected chi connectivity index (χ3v) is 4.42. The smallest absolute Gasteiger partial charge is 0.276 e.